The van der Waals surface area contributed by atoms with Crippen molar-refractivity contribution in [1.29, 1.82) is 0 Å². The van der Waals surface area contributed by atoms with E-state index in [1.165, 1.54) is 5.56 Å². The number of fused-ring (bicyclic) bond motifs is 8. The summed E-state index contributed by atoms with van der Waals surface area (Å²) in [5.74, 6) is 1.80. The molecule has 5 aromatic rings. The number of allylic oxidation sites excluding steroid dienone is 1. The molecule has 0 amide bonds. The van der Waals surface area contributed by atoms with Crippen molar-refractivity contribution < 1.29 is 66.9 Å². The lowest BCUT2D eigenvalue weighted by Gasteiger charge is -2.40. The Morgan fingerprint density at radius 3 is 1.96 bits per heavy atom. The van der Waals surface area contributed by atoms with Gasteiger partial charge in [-0.2, -0.15) is 0 Å². The number of anilines is 2. The highest BCUT2D eigenvalue weighted by Gasteiger charge is 2.45. The van der Waals surface area contributed by atoms with Gasteiger partial charge in [0.05, 0.1) is 92.1 Å². The lowest BCUT2D eigenvalue weighted by atomic mass is 9.76. The molecule has 0 saturated carbocycles. The minimum Gasteiger partial charge on any atom is -0.495 e. The second-order valence-electron chi connectivity index (χ2n) is 20.9. The molecule has 2 fully saturated rings. The quantitative estimate of drug-likeness (QED) is 0.0165. The fraction of sp³-hybridized carbons (Fsp3) is 0.438. The first kappa shape index (κ1) is 57.7. The number of ether oxygens (including phenoxy) is 10. The zero-order valence-corrected chi connectivity index (χ0v) is 46.5. The summed E-state index contributed by atoms with van der Waals surface area (Å²) in [5, 5.41) is 12.7. The Hall–Kier alpha value is -7.01. The summed E-state index contributed by atoms with van der Waals surface area (Å²) in [4.78, 5) is 41.2. The number of benzene rings is 5. The molecule has 424 valence electrons. The van der Waals surface area contributed by atoms with E-state index < -0.39 is 29.0 Å². The van der Waals surface area contributed by atoms with Crippen LogP contribution < -0.4 is 19.3 Å². The Morgan fingerprint density at radius 2 is 1.35 bits per heavy atom. The SMILES string of the molecule is C=C(C)C(=O)OCCOCCOCCOCCOCCOCCOC(=C=O)CC1CCN(c2cc3c4c(c5c(c3cc2OC)OC(c2ccccc2)(c2ccc(N3CCOCC3)cc2)C=C5)C(C)(C)c2ccccc2-4)C(C(=O)O)C1. The summed E-state index contributed by atoms with van der Waals surface area (Å²) in [5.41, 5.74) is 8.31. The molecule has 1 N–H and O–H groups in total. The van der Waals surface area contributed by atoms with E-state index in [0.29, 0.717) is 96.0 Å². The number of hydrogen-bond acceptors (Lipinski definition) is 15. The number of methoxy groups -OCH3 is 1. The van der Waals surface area contributed by atoms with Crippen molar-refractivity contribution in [1.82, 2.24) is 0 Å². The third-order valence-electron chi connectivity index (χ3n) is 15.4. The zero-order chi connectivity index (χ0) is 56.1. The van der Waals surface area contributed by atoms with Crippen LogP contribution in [0.15, 0.2) is 115 Å². The highest BCUT2D eigenvalue weighted by Crippen LogP contribution is 2.59. The molecule has 0 aromatic heterocycles. The highest BCUT2D eigenvalue weighted by molar-refractivity contribution is 6.10. The largest absolute Gasteiger partial charge is 0.495 e. The average molecular weight is 1100 g/mol. The third kappa shape index (κ3) is 12.9. The van der Waals surface area contributed by atoms with Crippen molar-refractivity contribution in [2.75, 3.05) is 129 Å². The van der Waals surface area contributed by atoms with Gasteiger partial charge in [-0.25, -0.2) is 14.4 Å². The third-order valence-corrected chi connectivity index (χ3v) is 15.4. The second kappa shape index (κ2) is 27.0. The van der Waals surface area contributed by atoms with Crippen LogP contribution in [0.2, 0.25) is 0 Å². The van der Waals surface area contributed by atoms with E-state index in [-0.39, 0.29) is 50.9 Å². The van der Waals surface area contributed by atoms with Crippen LogP contribution in [0.5, 0.6) is 11.5 Å². The maximum absolute atomic E-state index is 13.4. The molecule has 0 radical (unpaired) electrons. The number of hydrogen-bond donors (Lipinski definition) is 1. The van der Waals surface area contributed by atoms with Gasteiger partial charge in [-0.05, 0) is 83.7 Å². The molecule has 1 aliphatic carbocycles. The van der Waals surface area contributed by atoms with E-state index in [1.54, 1.807) is 14.0 Å². The van der Waals surface area contributed by atoms with Crippen LogP contribution in [0.1, 0.15) is 67.9 Å². The van der Waals surface area contributed by atoms with Crippen molar-refractivity contribution in [3.8, 4) is 22.6 Å². The number of carbonyl (C=O) groups excluding carboxylic acids is 2. The number of carboxylic acid groups (broad SMARTS) is 1. The molecular weight excluding hydrogens is 1020 g/mol. The van der Waals surface area contributed by atoms with Gasteiger partial charge in [-0.3, -0.25) is 0 Å². The van der Waals surface area contributed by atoms with Crippen LogP contribution in [-0.2, 0) is 63.3 Å². The standard InChI is InChI=1S/C64H74N2O14/c1-44(2)62(70)79-38-36-77-34-32-75-30-28-73-27-29-74-31-33-76-35-37-78-49(43-67)39-45-20-22-66(56(40-45)61(68)69)55-41-52-53(42-57(55)71-5)60-51(59-58(52)50-13-9-10-14-54(50)63(59,3)4)19-21-64(80-60,46-11-7-6-8-12-46)47-15-17-48(18-16-47)65-23-25-72-26-24-65/h6-19,21,41-42,45,56H,1,20,22-40H2,2-5H3,(H,68,69). The van der Waals surface area contributed by atoms with Crippen LogP contribution in [0, 0.1) is 5.92 Å². The molecule has 16 nitrogen and oxygen atoms in total. The Balaban J connectivity index is 0.838. The van der Waals surface area contributed by atoms with E-state index in [1.807, 2.05) is 35.1 Å². The molecular formula is C64H74N2O14. The molecule has 2 saturated heterocycles. The first-order valence-electron chi connectivity index (χ1n) is 27.7. The van der Waals surface area contributed by atoms with Gasteiger partial charge in [0.2, 0.25) is 0 Å². The van der Waals surface area contributed by atoms with Gasteiger partial charge in [0, 0.05) is 64.8 Å². The maximum atomic E-state index is 13.4. The number of aliphatic carboxylic acids is 1. The molecule has 5 aromatic carbocycles. The summed E-state index contributed by atoms with van der Waals surface area (Å²) >= 11 is 0. The number of morpholine rings is 1. The lowest BCUT2D eigenvalue weighted by Crippen LogP contribution is -2.47. The zero-order valence-electron chi connectivity index (χ0n) is 46.5. The van der Waals surface area contributed by atoms with Crippen LogP contribution >= 0.6 is 0 Å². The first-order chi connectivity index (χ1) is 38.9. The van der Waals surface area contributed by atoms with E-state index in [9.17, 15) is 19.5 Å². The number of carboxylic acids is 1. The molecule has 9 rings (SSSR count). The predicted molar refractivity (Wildman–Crippen MR) is 306 cm³/mol. The van der Waals surface area contributed by atoms with Gasteiger partial charge in [-0.15, -0.1) is 0 Å². The van der Waals surface area contributed by atoms with E-state index in [0.717, 1.165) is 68.7 Å². The van der Waals surface area contributed by atoms with Crippen molar-refractivity contribution in [2.24, 2.45) is 5.92 Å². The van der Waals surface area contributed by atoms with Crippen LogP contribution in [-0.4, -0.2) is 148 Å². The molecule has 16 heteroatoms. The summed E-state index contributed by atoms with van der Waals surface area (Å²) in [7, 11) is 1.62. The van der Waals surface area contributed by atoms with Gasteiger partial charge >= 0.3 is 11.9 Å². The first-order valence-corrected chi connectivity index (χ1v) is 27.7. The number of nitrogens with zero attached hydrogens (tertiary/aromatic N) is 2. The molecule has 4 aliphatic rings. The van der Waals surface area contributed by atoms with Crippen molar-refractivity contribution in [3.05, 3.63) is 143 Å². The summed E-state index contributed by atoms with van der Waals surface area (Å²) in [6, 6.07) is 30.8. The van der Waals surface area contributed by atoms with E-state index >= 15 is 0 Å². The Morgan fingerprint density at radius 1 is 0.750 bits per heavy atom. The minimum atomic E-state index is -0.988. The van der Waals surface area contributed by atoms with Crippen LogP contribution in [0.3, 0.4) is 0 Å². The van der Waals surface area contributed by atoms with Gasteiger partial charge in [0.15, 0.2) is 17.3 Å². The van der Waals surface area contributed by atoms with E-state index in [4.69, 9.17) is 47.4 Å². The molecule has 3 atom stereocenters. The normalized spacial score (nSPS) is 18.9. The van der Waals surface area contributed by atoms with Crippen LogP contribution in [0.25, 0.3) is 28.0 Å². The summed E-state index contributed by atoms with van der Waals surface area (Å²) in [6.45, 7) is 17.0. The molecule has 0 spiro atoms. The molecule has 80 heavy (non-hydrogen) atoms. The Labute approximate surface area is 468 Å². The lowest BCUT2D eigenvalue weighted by molar-refractivity contribution is -0.141. The van der Waals surface area contributed by atoms with Gasteiger partial charge in [0.25, 0.3) is 0 Å². The number of piperidine rings is 1. The Bertz CT molecular complexity index is 3040. The van der Waals surface area contributed by atoms with Gasteiger partial charge in [-0.1, -0.05) is 93.2 Å². The van der Waals surface area contributed by atoms with E-state index in [2.05, 4.69) is 104 Å². The Kier molecular flexibility index (Phi) is 19.4. The molecule has 3 aliphatic heterocycles. The average Bonchev–Trinajstić information content (AvgIpc) is 3.80. The minimum absolute atomic E-state index is 0.137. The molecule has 0 bridgehead atoms. The topological polar surface area (TPSA) is 170 Å². The molecule has 3 heterocycles. The number of carbonyl (C=O) groups is 2. The summed E-state index contributed by atoms with van der Waals surface area (Å²) in [6.07, 6.45) is 5.58. The fourth-order valence-corrected chi connectivity index (χ4v) is 11.4. The van der Waals surface area contributed by atoms with Crippen molar-refractivity contribution in [2.45, 2.75) is 57.1 Å². The van der Waals surface area contributed by atoms with Crippen molar-refractivity contribution in [3.63, 3.8) is 0 Å². The summed E-state index contributed by atoms with van der Waals surface area (Å²) < 4.78 is 58.0. The maximum Gasteiger partial charge on any atom is 0.333 e. The number of esters is 1. The second-order valence-corrected chi connectivity index (χ2v) is 20.9. The highest BCUT2D eigenvalue weighted by atomic mass is 16.6. The van der Waals surface area contributed by atoms with Gasteiger partial charge in [0.1, 0.15) is 30.8 Å². The monoisotopic (exact) mass is 1090 g/mol. The number of rotatable bonds is 28. The smallest absolute Gasteiger partial charge is 0.333 e. The van der Waals surface area contributed by atoms with Crippen molar-refractivity contribution >= 4 is 46.1 Å². The predicted octanol–water partition coefficient (Wildman–Crippen LogP) is 9.33. The van der Waals surface area contributed by atoms with Gasteiger partial charge < -0.3 is 62.3 Å². The van der Waals surface area contributed by atoms with Crippen LogP contribution in [0.4, 0.5) is 11.4 Å². The fourth-order valence-electron chi connectivity index (χ4n) is 11.4. The molecule has 3 unspecified atom stereocenters.